The van der Waals surface area contributed by atoms with Crippen LogP contribution in [0.3, 0.4) is 0 Å². The highest BCUT2D eigenvalue weighted by molar-refractivity contribution is 8.18. The second-order valence-electron chi connectivity index (χ2n) is 9.01. The van der Waals surface area contributed by atoms with E-state index in [9.17, 15) is 14.7 Å². The van der Waals surface area contributed by atoms with Crippen molar-refractivity contribution in [2.75, 3.05) is 20.3 Å². The standard InChI is InChI=1S/C29H29NO6S/c1-7-15-36-21-14-9-18(16-22(21)34-6)17-23-25(31)24(28(33)35-8-2)27(37-23)30-26(32)19-10-12-20(13-11-19)29(3,4)5/h1,9-14,16-17,31H,8,15H2,2-6H3/b23-17-,30-27?. The first-order valence-electron chi connectivity index (χ1n) is 11.6. The monoisotopic (exact) mass is 519 g/mol. The number of carbonyl (C=O) groups excluding carboxylic acids is 2. The number of benzene rings is 2. The van der Waals surface area contributed by atoms with Crippen LogP contribution in [0.1, 0.15) is 49.2 Å². The number of hydrogen-bond donors (Lipinski definition) is 1. The zero-order valence-corrected chi connectivity index (χ0v) is 22.3. The molecule has 1 aliphatic heterocycles. The van der Waals surface area contributed by atoms with Gasteiger partial charge >= 0.3 is 5.97 Å². The molecule has 1 aliphatic rings. The van der Waals surface area contributed by atoms with E-state index < -0.39 is 11.9 Å². The third kappa shape index (κ3) is 6.63. The van der Waals surface area contributed by atoms with E-state index in [1.54, 1.807) is 43.3 Å². The molecule has 0 aromatic heterocycles. The molecule has 1 amide bonds. The van der Waals surface area contributed by atoms with E-state index in [4.69, 9.17) is 20.6 Å². The van der Waals surface area contributed by atoms with Crippen molar-refractivity contribution in [2.24, 2.45) is 4.99 Å². The van der Waals surface area contributed by atoms with Crippen molar-refractivity contribution in [3.8, 4) is 23.8 Å². The molecule has 0 bridgehead atoms. The molecule has 0 aliphatic carbocycles. The second kappa shape index (κ2) is 11.8. The number of thioether (sulfide) groups is 1. The number of ether oxygens (including phenoxy) is 3. The van der Waals surface area contributed by atoms with Gasteiger partial charge < -0.3 is 19.3 Å². The number of amides is 1. The van der Waals surface area contributed by atoms with Crippen LogP contribution in [0.4, 0.5) is 0 Å². The van der Waals surface area contributed by atoms with E-state index in [1.807, 2.05) is 12.1 Å². The summed E-state index contributed by atoms with van der Waals surface area (Å²) in [6.45, 7) is 8.10. The lowest BCUT2D eigenvalue weighted by Crippen LogP contribution is -2.14. The number of aliphatic hydroxyl groups is 1. The molecule has 0 radical (unpaired) electrons. The van der Waals surface area contributed by atoms with E-state index >= 15 is 0 Å². The Balaban J connectivity index is 1.97. The number of aliphatic hydroxyl groups excluding tert-OH is 1. The molecule has 0 saturated carbocycles. The normalized spacial score (nSPS) is 15.6. The van der Waals surface area contributed by atoms with Gasteiger partial charge in [0.05, 0.1) is 18.6 Å². The fraction of sp³-hybridized carbons (Fsp3) is 0.276. The number of hydrogen-bond acceptors (Lipinski definition) is 7. The van der Waals surface area contributed by atoms with Gasteiger partial charge in [-0.15, -0.1) is 6.42 Å². The maximum absolute atomic E-state index is 12.9. The maximum Gasteiger partial charge on any atom is 0.344 e. The molecule has 1 N–H and O–H groups in total. The van der Waals surface area contributed by atoms with Crippen molar-refractivity contribution in [3.63, 3.8) is 0 Å². The second-order valence-corrected chi connectivity index (χ2v) is 10.0. The van der Waals surface area contributed by atoms with Gasteiger partial charge in [-0.05, 0) is 53.8 Å². The Morgan fingerprint density at radius 1 is 1.14 bits per heavy atom. The van der Waals surface area contributed by atoms with Crippen molar-refractivity contribution >= 4 is 34.8 Å². The highest BCUT2D eigenvalue weighted by Crippen LogP contribution is 2.40. The molecule has 7 nitrogen and oxygen atoms in total. The van der Waals surface area contributed by atoms with Crippen molar-refractivity contribution in [3.05, 3.63) is 75.4 Å². The lowest BCUT2D eigenvalue weighted by molar-refractivity contribution is -0.138. The van der Waals surface area contributed by atoms with Crippen LogP contribution in [0.15, 0.2) is 63.7 Å². The van der Waals surface area contributed by atoms with E-state index in [2.05, 4.69) is 31.7 Å². The molecule has 1 heterocycles. The van der Waals surface area contributed by atoms with Crippen LogP contribution in [0.2, 0.25) is 0 Å². The number of nitrogens with zero attached hydrogens (tertiary/aromatic N) is 1. The Morgan fingerprint density at radius 3 is 2.43 bits per heavy atom. The molecule has 0 fully saturated rings. The first-order chi connectivity index (χ1) is 17.6. The van der Waals surface area contributed by atoms with Gasteiger partial charge in [0.25, 0.3) is 5.91 Å². The van der Waals surface area contributed by atoms with E-state index in [0.717, 1.165) is 17.3 Å². The summed E-state index contributed by atoms with van der Waals surface area (Å²) in [6, 6.07) is 12.3. The predicted molar refractivity (Wildman–Crippen MR) is 146 cm³/mol. The average molecular weight is 520 g/mol. The smallest absolute Gasteiger partial charge is 0.344 e. The van der Waals surface area contributed by atoms with Gasteiger partial charge in [0, 0.05) is 5.56 Å². The zero-order valence-electron chi connectivity index (χ0n) is 21.5. The molecule has 2 aromatic carbocycles. The Bertz CT molecular complexity index is 1320. The zero-order chi connectivity index (χ0) is 27.2. The molecule has 8 heteroatoms. The average Bonchev–Trinajstić information content (AvgIpc) is 3.16. The molecule has 192 valence electrons. The maximum atomic E-state index is 12.9. The van der Waals surface area contributed by atoms with Crippen LogP contribution in [-0.2, 0) is 14.9 Å². The van der Waals surface area contributed by atoms with Crippen molar-refractivity contribution in [1.29, 1.82) is 0 Å². The lowest BCUT2D eigenvalue weighted by Gasteiger charge is -2.18. The highest BCUT2D eigenvalue weighted by Gasteiger charge is 2.34. The summed E-state index contributed by atoms with van der Waals surface area (Å²) in [5, 5.41) is 11.0. The van der Waals surface area contributed by atoms with E-state index in [-0.39, 0.29) is 35.0 Å². The quantitative estimate of drug-likeness (QED) is 0.370. The fourth-order valence-electron chi connectivity index (χ4n) is 3.43. The number of methoxy groups -OCH3 is 1. The van der Waals surface area contributed by atoms with Gasteiger partial charge in [-0.2, -0.15) is 0 Å². The molecular formula is C29H29NO6S. The van der Waals surface area contributed by atoms with Gasteiger partial charge in [-0.25, -0.2) is 9.79 Å². The van der Waals surface area contributed by atoms with Crippen LogP contribution in [0.5, 0.6) is 11.5 Å². The third-order valence-corrected chi connectivity index (χ3v) is 6.39. The van der Waals surface area contributed by atoms with Crippen LogP contribution in [0, 0.1) is 12.3 Å². The minimum absolute atomic E-state index is 0.0611. The summed E-state index contributed by atoms with van der Waals surface area (Å²) in [5.41, 5.74) is 1.89. The summed E-state index contributed by atoms with van der Waals surface area (Å²) in [6.07, 6.45) is 6.91. The third-order valence-electron chi connectivity index (χ3n) is 5.37. The molecule has 2 aromatic rings. The van der Waals surface area contributed by atoms with Gasteiger partial charge in [0.15, 0.2) is 11.5 Å². The molecular weight excluding hydrogens is 490 g/mol. The van der Waals surface area contributed by atoms with Crippen molar-refractivity contribution in [2.45, 2.75) is 33.1 Å². The Hall–Kier alpha value is -3.96. The Kier molecular flexibility index (Phi) is 8.85. The van der Waals surface area contributed by atoms with Crippen LogP contribution < -0.4 is 9.47 Å². The molecule has 0 spiro atoms. The van der Waals surface area contributed by atoms with E-state index in [0.29, 0.717) is 27.5 Å². The molecule has 3 rings (SSSR count). The number of rotatable bonds is 7. The van der Waals surface area contributed by atoms with Crippen molar-refractivity contribution < 1.29 is 28.9 Å². The minimum Gasteiger partial charge on any atom is -0.506 e. The lowest BCUT2D eigenvalue weighted by atomic mass is 9.87. The minimum atomic E-state index is -0.763. The summed E-state index contributed by atoms with van der Waals surface area (Å²) in [5.74, 6) is 1.71. The fourth-order valence-corrected chi connectivity index (χ4v) is 4.44. The number of aliphatic imine (C=N–C) groups is 1. The SMILES string of the molecule is C#CCOc1ccc(/C=C2\SC(=NC(=O)c3ccc(C(C)(C)C)cc3)C(C(=O)OCC)=C2O)cc1OC. The Labute approximate surface area is 221 Å². The van der Waals surface area contributed by atoms with Crippen LogP contribution >= 0.6 is 11.8 Å². The van der Waals surface area contributed by atoms with Crippen LogP contribution in [0.25, 0.3) is 6.08 Å². The molecule has 0 unspecified atom stereocenters. The van der Waals surface area contributed by atoms with Crippen molar-refractivity contribution in [1.82, 2.24) is 0 Å². The van der Waals surface area contributed by atoms with Gasteiger partial charge in [-0.1, -0.05) is 56.7 Å². The first kappa shape index (κ1) is 27.6. The first-order valence-corrected chi connectivity index (χ1v) is 12.4. The summed E-state index contributed by atoms with van der Waals surface area (Å²) >= 11 is 1.00. The topological polar surface area (TPSA) is 94.4 Å². The molecule has 0 saturated heterocycles. The number of esters is 1. The van der Waals surface area contributed by atoms with Gasteiger partial charge in [0.1, 0.15) is 23.0 Å². The number of carbonyl (C=O) groups is 2. The van der Waals surface area contributed by atoms with Gasteiger partial charge in [0.2, 0.25) is 0 Å². The summed E-state index contributed by atoms with van der Waals surface area (Å²) in [4.78, 5) is 30.1. The summed E-state index contributed by atoms with van der Waals surface area (Å²) < 4.78 is 15.9. The van der Waals surface area contributed by atoms with Gasteiger partial charge in [-0.3, -0.25) is 4.79 Å². The molecule has 0 atom stereocenters. The number of terminal acetylenes is 1. The van der Waals surface area contributed by atoms with E-state index in [1.165, 1.54) is 7.11 Å². The van der Waals surface area contributed by atoms with Crippen LogP contribution in [-0.4, -0.2) is 42.4 Å². The highest BCUT2D eigenvalue weighted by atomic mass is 32.2. The largest absolute Gasteiger partial charge is 0.506 e. The summed E-state index contributed by atoms with van der Waals surface area (Å²) in [7, 11) is 1.50. The molecule has 37 heavy (non-hydrogen) atoms. The predicted octanol–water partition coefficient (Wildman–Crippen LogP) is 5.71. The Morgan fingerprint density at radius 2 is 1.84 bits per heavy atom.